The second kappa shape index (κ2) is 5.97. The molecule has 0 heterocycles. The van der Waals surface area contributed by atoms with Gasteiger partial charge in [0.25, 0.3) is 10.2 Å². The van der Waals surface area contributed by atoms with Crippen LogP contribution in [0.25, 0.3) is 0 Å². The van der Waals surface area contributed by atoms with Gasteiger partial charge in [0.15, 0.2) is 0 Å². The van der Waals surface area contributed by atoms with E-state index in [2.05, 4.69) is 11.3 Å². The molecule has 0 aromatic rings. The van der Waals surface area contributed by atoms with Gasteiger partial charge < -0.3 is 5.11 Å². The lowest BCUT2D eigenvalue weighted by atomic mass is 10.2. The molecular weight excluding hydrogens is 232 g/mol. The van der Waals surface area contributed by atoms with Gasteiger partial charge in [-0.25, -0.2) is 0 Å². The van der Waals surface area contributed by atoms with Gasteiger partial charge in [-0.05, 0) is 20.3 Å². The van der Waals surface area contributed by atoms with E-state index in [0.717, 1.165) is 4.31 Å². The Bertz CT molecular complexity index is 351. The summed E-state index contributed by atoms with van der Waals surface area (Å²) in [4.78, 5) is 10.8. The number of aliphatic carboxylic acids is 1. The van der Waals surface area contributed by atoms with Crippen molar-refractivity contribution in [3.63, 3.8) is 0 Å². The van der Waals surface area contributed by atoms with Crippen LogP contribution in [-0.2, 0) is 15.0 Å². The minimum Gasteiger partial charge on any atom is -0.480 e. The highest BCUT2D eigenvalue weighted by Crippen LogP contribution is 2.04. The van der Waals surface area contributed by atoms with Crippen molar-refractivity contribution in [2.45, 2.75) is 32.4 Å². The van der Waals surface area contributed by atoms with Crippen LogP contribution in [0.5, 0.6) is 0 Å². The normalized spacial score (nSPS) is 14.1. The van der Waals surface area contributed by atoms with E-state index in [-0.39, 0.29) is 12.5 Å². The summed E-state index contributed by atoms with van der Waals surface area (Å²) in [7, 11) is -2.38. The SMILES string of the molecule is C=CCC(NS(=O)(=O)N(C)C(C)C)C(=O)O. The Balaban J connectivity index is 4.79. The van der Waals surface area contributed by atoms with E-state index in [1.165, 1.54) is 13.1 Å². The first-order valence-corrected chi connectivity index (χ1v) is 6.25. The topological polar surface area (TPSA) is 86.7 Å². The van der Waals surface area contributed by atoms with Gasteiger partial charge in [-0.2, -0.15) is 17.4 Å². The number of nitrogens with zero attached hydrogens (tertiary/aromatic N) is 1. The fourth-order valence-corrected chi connectivity index (χ4v) is 2.18. The average molecular weight is 250 g/mol. The third kappa shape index (κ3) is 4.30. The van der Waals surface area contributed by atoms with Crippen molar-refractivity contribution >= 4 is 16.2 Å². The van der Waals surface area contributed by atoms with Gasteiger partial charge in [0.2, 0.25) is 0 Å². The smallest absolute Gasteiger partial charge is 0.322 e. The number of rotatable bonds is 7. The molecule has 0 radical (unpaired) electrons. The molecule has 0 aliphatic heterocycles. The molecular formula is C9H18N2O4S. The molecule has 0 fully saturated rings. The number of carbonyl (C=O) groups is 1. The van der Waals surface area contributed by atoms with Crippen LogP contribution < -0.4 is 4.72 Å². The fraction of sp³-hybridized carbons (Fsp3) is 0.667. The van der Waals surface area contributed by atoms with Gasteiger partial charge >= 0.3 is 5.97 Å². The first kappa shape index (κ1) is 15.1. The average Bonchev–Trinajstić information content (AvgIpc) is 2.15. The van der Waals surface area contributed by atoms with E-state index in [1.54, 1.807) is 13.8 Å². The summed E-state index contributed by atoms with van der Waals surface area (Å²) in [6, 6.07) is -1.42. The Kier molecular flexibility index (Phi) is 5.63. The summed E-state index contributed by atoms with van der Waals surface area (Å²) in [6.45, 7) is 6.77. The van der Waals surface area contributed by atoms with E-state index < -0.39 is 22.2 Å². The Morgan fingerprint density at radius 1 is 1.56 bits per heavy atom. The minimum absolute atomic E-state index is 0.0422. The van der Waals surface area contributed by atoms with Gasteiger partial charge in [0.1, 0.15) is 6.04 Å². The Hall–Kier alpha value is -0.920. The van der Waals surface area contributed by atoms with Gasteiger partial charge in [0, 0.05) is 13.1 Å². The largest absolute Gasteiger partial charge is 0.480 e. The van der Waals surface area contributed by atoms with Crippen molar-refractivity contribution in [2.24, 2.45) is 0 Å². The second-order valence-electron chi connectivity index (χ2n) is 3.65. The van der Waals surface area contributed by atoms with Gasteiger partial charge in [-0.1, -0.05) is 6.08 Å². The standard InChI is InChI=1S/C9H18N2O4S/c1-5-6-8(9(12)13)10-16(14,15)11(4)7(2)3/h5,7-8,10H,1,6H2,2-4H3,(H,12,13). The lowest BCUT2D eigenvalue weighted by Gasteiger charge is -2.23. The lowest BCUT2D eigenvalue weighted by molar-refractivity contribution is -0.138. The molecule has 0 spiro atoms. The predicted octanol–water partition coefficient (Wildman–Crippen LogP) is 0.190. The van der Waals surface area contributed by atoms with Crippen molar-refractivity contribution in [2.75, 3.05) is 7.05 Å². The Labute approximate surface area is 96.1 Å². The Morgan fingerprint density at radius 2 is 2.06 bits per heavy atom. The minimum atomic E-state index is -3.77. The second-order valence-corrected chi connectivity index (χ2v) is 5.41. The van der Waals surface area contributed by atoms with Crippen molar-refractivity contribution < 1.29 is 18.3 Å². The first-order valence-electron chi connectivity index (χ1n) is 4.81. The van der Waals surface area contributed by atoms with Crippen LogP contribution in [0.15, 0.2) is 12.7 Å². The fourth-order valence-electron chi connectivity index (χ4n) is 0.906. The number of carboxylic acids is 1. The van der Waals surface area contributed by atoms with Gasteiger partial charge in [-0.3, -0.25) is 4.79 Å². The molecule has 2 N–H and O–H groups in total. The molecule has 0 bridgehead atoms. The van der Waals surface area contributed by atoms with Crippen molar-refractivity contribution in [1.29, 1.82) is 0 Å². The molecule has 0 aliphatic rings. The van der Waals surface area contributed by atoms with Crippen molar-refractivity contribution in [3.05, 3.63) is 12.7 Å². The van der Waals surface area contributed by atoms with Crippen LogP contribution in [0, 0.1) is 0 Å². The van der Waals surface area contributed by atoms with Gasteiger partial charge in [-0.15, -0.1) is 6.58 Å². The zero-order valence-corrected chi connectivity index (χ0v) is 10.5. The van der Waals surface area contributed by atoms with E-state index in [1.807, 2.05) is 0 Å². The zero-order chi connectivity index (χ0) is 12.9. The van der Waals surface area contributed by atoms with Crippen LogP contribution in [0.2, 0.25) is 0 Å². The third-order valence-electron chi connectivity index (χ3n) is 2.10. The molecule has 6 nitrogen and oxygen atoms in total. The van der Waals surface area contributed by atoms with Crippen molar-refractivity contribution in [3.8, 4) is 0 Å². The summed E-state index contributed by atoms with van der Waals surface area (Å²) in [6.07, 6.45) is 1.40. The van der Waals surface area contributed by atoms with Gasteiger partial charge in [0.05, 0.1) is 0 Å². The number of carboxylic acid groups (broad SMARTS) is 1. The van der Waals surface area contributed by atoms with E-state index >= 15 is 0 Å². The number of hydrogen-bond donors (Lipinski definition) is 2. The van der Waals surface area contributed by atoms with Crippen LogP contribution in [-0.4, -0.2) is 42.9 Å². The molecule has 0 aromatic carbocycles. The van der Waals surface area contributed by atoms with E-state index in [9.17, 15) is 13.2 Å². The third-order valence-corrected chi connectivity index (χ3v) is 3.86. The molecule has 0 amide bonds. The zero-order valence-electron chi connectivity index (χ0n) is 9.67. The summed E-state index contributed by atoms with van der Waals surface area (Å²) in [5.41, 5.74) is 0. The summed E-state index contributed by atoms with van der Waals surface area (Å²) in [5, 5.41) is 8.79. The molecule has 0 aromatic heterocycles. The van der Waals surface area contributed by atoms with E-state index in [4.69, 9.17) is 5.11 Å². The molecule has 0 aliphatic carbocycles. The molecule has 0 saturated heterocycles. The highest BCUT2D eigenvalue weighted by molar-refractivity contribution is 7.87. The summed E-state index contributed by atoms with van der Waals surface area (Å²) < 4.78 is 26.5. The lowest BCUT2D eigenvalue weighted by Crippen LogP contribution is -2.48. The molecule has 1 atom stereocenters. The maximum absolute atomic E-state index is 11.7. The predicted molar refractivity (Wildman–Crippen MR) is 61.2 cm³/mol. The molecule has 0 saturated carbocycles. The molecule has 16 heavy (non-hydrogen) atoms. The maximum Gasteiger partial charge on any atom is 0.322 e. The molecule has 94 valence electrons. The van der Waals surface area contributed by atoms with Crippen LogP contribution >= 0.6 is 0 Å². The van der Waals surface area contributed by atoms with Crippen molar-refractivity contribution in [1.82, 2.24) is 9.03 Å². The highest BCUT2D eigenvalue weighted by Gasteiger charge is 2.27. The highest BCUT2D eigenvalue weighted by atomic mass is 32.2. The number of hydrogen-bond acceptors (Lipinski definition) is 3. The van der Waals surface area contributed by atoms with Crippen LogP contribution in [0.3, 0.4) is 0 Å². The van der Waals surface area contributed by atoms with E-state index in [0.29, 0.717) is 0 Å². The number of nitrogens with one attached hydrogen (secondary N) is 1. The summed E-state index contributed by atoms with van der Waals surface area (Å²) in [5.74, 6) is -1.22. The first-order chi connectivity index (χ1) is 7.22. The quantitative estimate of drug-likeness (QED) is 0.631. The monoisotopic (exact) mass is 250 g/mol. The Morgan fingerprint density at radius 3 is 2.38 bits per heavy atom. The molecule has 7 heteroatoms. The molecule has 1 unspecified atom stereocenters. The maximum atomic E-state index is 11.7. The van der Waals surface area contributed by atoms with Crippen LogP contribution in [0.4, 0.5) is 0 Å². The van der Waals surface area contributed by atoms with Crippen LogP contribution in [0.1, 0.15) is 20.3 Å². The molecule has 0 rings (SSSR count). The summed E-state index contributed by atoms with van der Waals surface area (Å²) >= 11 is 0.